The van der Waals surface area contributed by atoms with E-state index in [1.807, 2.05) is 80.6 Å². The first kappa shape index (κ1) is 58.7. The largest absolute Gasteiger partial charge is 0.508 e. The van der Waals surface area contributed by atoms with Crippen LogP contribution in [0.1, 0.15) is 107 Å². The van der Waals surface area contributed by atoms with Gasteiger partial charge in [0.15, 0.2) is 17.4 Å². The van der Waals surface area contributed by atoms with Crippen molar-refractivity contribution in [3.05, 3.63) is 101 Å². The Morgan fingerprint density at radius 2 is 1.72 bits per heavy atom. The van der Waals surface area contributed by atoms with Crippen LogP contribution in [0.3, 0.4) is 0 Å². The molecule has 87 heavy (non-hydrogen) atoms. The second-order valence-electron chi connectivity index (χ2n) is 25.1. The summed E-state index contributed by atoms with van der Waals surface area (Å²) in [5, 5.41) is 34.3. The van der Waals surface area contributed by atoms with Gasteiger partial charge in [-0.3, -0.25) is 19.5 Å². The molecule has 8 atom stereocenters. The van der Waals surface area contributed by atoms with Crippen LogP contribution >= 0.6 is 11.3 Å². The molecule has 3 aromatic carbocycles. The van der Waals surface area contributed by atoms with E-state index in [1.54, 1.807) is 40.6 Å². The molecule has 10 heterocycles. The van der Waals surface area contributed by atoms with Crippen molar-refractivity contribution in [2.24, 2.45) is 5.92 Å². The van der Waals surface area contributed by atoms with E-state index in [2.05, 4.69) is 47.7 Å². The number of aromatic nitrogens is 5. The van der Waals surface area contributed by atoms with Crippen molar-refractivity contribution in [3.8, 4) is 33.5 Å². The number of aromatic hydroxyl groups is 1. The average Bonchev–Trinajstić information content (AvgIpc) is 1.84. The van der Waals surface area contributed by atoms with E-state index >= 15 is 4.39 Å². The quantitative estimate of drug-likeness (QED) is 0.0672. The van der Waals surface area contributed by atoms with Crippen LogP contribution in [0.2, 0.25) is 0 Å². The molecule has 6 aliphatic heterocycles. The molecule has 6 fully saturated rings. The van der Waals surface area contributed by atoms with Gasteiger partial charge in [0, 0.05) is 87.3 Å². The predicted octanol–water partition coefficient (Wildman–Crippen LogP) is 8.02. The molecule has 0 spiro atoms. The normalized spacial score (nSPS) is 24.6. The van der Waals surface area contributed by atoms with E-state index in [0.29, 0.717) is 80.5 Å². The summed E-state index contributed by atoms with van der Waals surface area (Å²) in [6.07, 6.45) is 6.48. The van der Waals surface area contributed by atoms with Gasteiger partial charge in [-0.25, -0.2) is 14.2 Å². The average molecular weight is 1220 g/mol. The summed E-state index contributed by atoms with van der Waals surface area (Å²) in [4.78, 5) is 72.1. The summed E-state index contributed by atoms with van der Waals surface area (Å²) in [6.45, 7) is 13.9. The molecule has 455 valence electrons. The number of β-amino-alcohol motifs (C(OH)–C–C–N with tert-alkyl or cyclic N) is 1. The van der Waals surface area contributed by atoms with Gasteiger partial charge in [0.1, 0.15) is 48.0 Å². The molecule has 2 unspecified atom stereocenters. The van der Waals surface area contributed by atoms with Crippen LogP contribution in [0.25, 0.3) is 43.4 Å². The number of fused-ring (bicyclic) bond motifs is 5. The fraction of sp³-hybridized carbons (Fsp3) is 0.500. The number of ether oxygens (including phenoxy) is 2. The molecule has 13 rings (SSSR count). The number of amides is 3. The number of phenolic OH excluding ortho intramolecular Hbond substituents is 1. The third-order valence-electron chi connectivity index (χ3n) is 19.1. The lowest BCUT2D eigenvalue weighted by atomic mass is 9.91. The lowest BCUT2D eigenvalue weighted by Gasteiger charge is -2.41. The maximum Gasteiger partial charge on any atom is 0.409 e. The molecule has 0 aliphatic carbocycles. The number of aryl methyl sites for hydroxylation is 2. The number of pyridine rings is 1. The Hall–Kier alpha value is -7.31. The van der Waals surface area contributed by atoms with Gasteiger partial charge in [-0.15, -0.1) is 11.3 Å². The standard InChI is InChI=1S/C64H74FN12O8SSi/c1-6-39-9-7-10-42-25-45(78)26-47(53(39)42)55-54(65)56-48(29-66-55)58(75-30-43-15-16-44(31-75)69-43)71-61(70-56)83-33-63-17-8-20-77(63)64(87,19-18-63)34-84-62(82)74-23-21-73(22-24-74)51-28-50(85-72-51)52(36(2)3)60(81)76-32-46(79)27-49(76)59(80)68-37(4)40-11-13-41(14-12-40)57-38(5)67-35-86-57/h7,9-14,25-26,28-29,35-37,43-44,46,49,52,69,78-79H,6,8,15-24,27,30-34H2,1-5H3,(H,68,80)/t37-,43?,44?,46+,49-,52-,63-,64+/m0/s1. The smallest absolute Gasteiger partial charge is 0.409 e. The Morgan fingerprint density at radius 3 is 2.46 bits per heavy atom. The highest BCUT2D eigenvalue weighted by atomic mass is 32.1. The molecular formula is C64H74FN12O8SSi. The highest BCUT2D eigenvalue weighted by molar-refractivity contribution is 7.13. The van der Waals surface area contributed by atoms with E-state index in [-0.39, 0.29) is 85.0 Å². The van der Waals surface area contributed by atoms with Gasteiger partial charge in [-0.2, -0.15) is 9.97 Å². The Kier molecular flexibility index (Phi) is 16.0. The van der Waals surface area contributed by atoms with Crippen molar-refractivity contribution >= 4 is 72.8 Å². The van der Waals surface area contributed by atoms with Gasteiger partial charge in [0.05, 0.1) is 49.4 Å². The van der Waals surface area contributed by atoms with Crippen molar-refractivity contribution < 1.29 is 43.0 Å². The van der Waals surface area contributed by atoms with Gasteiger partial charge in [0.2, 0.25) is 11.8 Å². The number of halogens is 1. The van der Waals surface area contributed by atoms with Crippen LogP contribution in [-0.4, -0.2) is 179 Å². The molecule has 4 N–H and O–H groups in total. The van der Waals surface area contributed by atoms with Crippen LogP contribution < -0.4 is 25.2 Å². The van der Waals surface area contributed by atoms with Gasteiger partial charge in [0.25, 0.3) is 0 Å². The second-order valence-corrected chi connectivity index (χ2v) is 26.9. The number of aliphatic hydroxyl groups excluding tert-OH is 1. The van der Waals surface area contributed by atoms with Crippen LogP contribution in [0.15, 0.2) is 76.9 Å². The summed E-state index contributed by atoms with van der Waals surface area (Å²) >= 11 is 1.58. The number of nitrogens with zero attached hydrogens (tertiary/aromatic N) is 10. The number of hydrogen-bond acceptors (Lipinski definition) is 18. The third kappa shape index (κ3) is 11.2. The fourth-order valence-electron chi connectivity index (χ4n) is 14.5. The number of phenols is 1. The van der Waals surface area contributed by atoms with Gasteiger partial charge >= 0.3 is 12.1 Å². The lowest BCUT2D eigenvalue weighted by molar-refractivity contribution is -0.141. The van der Waals surface area contributed by atoms with E-state index in [0.717, 1.165) is 76.7 Å². The monoisotopic (exact) mass is 1220 g/mol. The van der Waals surface area contributed by atoms with E-state index < -0.39 is 40.7 Å². The Balaban J connectivity index is 0.642. The molecule has 6 aliphatic rings. The maximum atomic E-state index is 17.4. The number of anilines is 2. The number of hydrogen-bond donors (Lipinski definition) is 4. The molecule has 3 radical (unpaired) electrons. The van der Waals surface area contributed by atoms with E-state index in [9.17, 15) is 24.6 Å². The molecule has 0 saturated carbocycles. The van der Waals surface area contributed by atoms with Gasteiger partial charge < -0.3 is 54.4 Å². The van der Waals surface area contributed by atoms with Crippen LogP contribution in [0.5, 0.6) is 11.8 Å². The Morgan fingerprint density at radius 1 is 0.943 bits per heavy atom. The number of piperazine rings is 2. The summed E-state index contributed by atoms with van der Waals surface area (Å²) in [5.41, 5.74) is 6.03. The predicted molar refractivity (Wildman–Crippen MR) is 330 cm³/mol. The van der Waals surface area contributed by atoms with Crippen LogP contribution in [0, 0.1) is 18.7 Å². The highest BCUT2D eigenvalue weighted by Gasteiger charge is 2.56. The van der Waals surface area contributed by atoms with Crippen molar-refractivity contribution in [1.82, 2.24) is 50.4 Å². The number of carbonyl (C=O) groups excluding carboxylic acids is 3. The zero-order chi connectivity index (χ0) is 60.5. The second kappa shape index (κ2) is 23.7. The molecule has 2 bridgehead atoms. The zero-order valence-corrected chi connectivity index (χ0v) is 51.6. The molecule has 4 aromatic heterocycles. The van der Waals surface area contributed by atoms with Crippen LogP contribution in [0.4, 0.5) is 20.8 Å². The van der Waals surface area contributed by atoms with Gasteiger partial charge in [-0.05, 0) is 111 Å². The maximum absolute atomic E-state index is 17.4. The number of nitrogens with one attached hydrogen (secondary N) is 2. The first-order valence-corrected chi connectivity index (χ1v) is 32.0. The molecule has 23 heteroatoms. The van der Waals surface area contributed by atoms with Crippen molar-refractivity contribution in [2.75, 3.05) is 75.4 Å². The minimum Gasteiger partial charge on any atom is -0.508 e. The van der Waals surface area contributed by atoms with Crippen molar-refractivity contribution in [2.45, 2.75) is 133 Å². The van der Waals surface area contributed by atoms with Crippen molar-refractivity contribution in [1.29, 1.82) is 0 Å². The number of benzene rings is 3. The van der Waals surface area contributed by atoms with E-state index in [1.165, 1.54) is 4.90 Å². The Bertz CT molecular complexity index is 3740. The Labute approximate surface area is 512 Å². The number of aliphatic hydroxyl groups is 1. The number of carbonyl (C=O) groups is 3. The van der Waals surface area contributed by atoms with Crippen molar-refractivity contribution in [3.63, 3.8) is 0 Å². The lowest BCUT2D eigenvalue weighted by Crippen LogP contribution is -2.56. The zero-order valence-electron chi connectivity index (χ0n) is 49.8. The SMILES string of the molecule is CCc1cccc2cc(O)cc(-c3ncc4c(N5CC6CCC(C5)N6)nc(OC[C@@]56CCCN5[C@]([Si])(COC(=O)N5CCN(c7cc([C@@H](C(=O)N8C[C@H](O)C[C@H]8C(=O)N[C@@H](C)c8ccc(-c9scnc9C)cc8)C(C)C)on7)CC5)CC6)nc4c3F)c12. The summed E-state index contributed by atoms with van der Waals surface area (Å²) < 4.78 is 36.1. The fourth-order valence-corrected chi connectivity index (χ4v) is 15.9. The third-order valence-corrected chi connectivity index (χ3v) is 20.8. The molecule has 7 aromatic rings. The summed E-state index contributed by atoms with van der Waals surface area (Å²) in [7, 11) is 4.13. The summed E-state index contributed by atoms with van der Waals surface area (Å²) in [5.74, 6) is -0.757. The first-order valence-electron chi connectivity index (χ1n) is 30.7. The molecule has 3 amide bonds. The topological polar surface area (TPSA) is 228 Å². The number of thiazole rings is 1. The number of likely N-dealkylation sites (tertiary alicyclic amines) is 1. The molecule has 6 saturated heterocycles. The summed E-state index contributed by atoms with van der Waals surface area (Å²) in [6, 6.07) is 18.3. The molecule has 20 nitrogen and oxygen atoms in total. The van der Waals surface area contributed by atoms with E-state index in [4.69, 9.17) is 28.9 Å². The highest BCUT2D eigenvalue weighted by Crippen LogP contribution is 2.48. The minimum absolute atomic E-state index is 0.0174. The van der Waals surface area contributed by atoms with Crippen LogP contribution in [-0.2, 0) is 20.7 Å². The van der Waals surface area contributed by atoms with Gasteiger partial charge in [-0.1, -0.05) is 68.4 Å². The molecular weight excluding hydrogens is 1140 g/mol. The minimum atomic E-state index is -0.870. The number of rotatable bonds is 16. The first-order chi connectivity index (χ1) is 42.0.